The summed E-state index contributed by atoms with van der Waals surface area (Å²) in [5.41, 5.74) is 2.64. The van der Waals surface area contributed by atoms with Crippen LogP contribution in [0.25, 0.3) is 16.5 Å². The molecule has 0 radical (unpaired) electrons. The second-order valence-electron chi connectivity index (χ2n) is 7.11. The van der Waals surface area contributed by atoms with Crippen LogP contribution in [0.15, 0.2) is 64.5 Å². The fourth-order valence-electron chi connectivity index (χ4n) is 3.61. The number of rotatable bonds is 5. The second kappa shape index (κ2) is 7.64. The molecule has 1 aliphatic heterocycles. The quantitative estimate of drug-likeness (QED) is 0.646. The zero-order valence-corrected chi connectivity index (χ0v) is 17.9. The number of aromatic amines is 1. The average Bonchev–Trinajstić information content (AvgIpc) is 3.17. The Morgan fingerprint density at radius 1 is 1.03 bits per heavy atom. The third kappa shape index (κ3) is 3.68. The van der Waals surface area contributed by atoms with Gasteiger partial charge in [0, 0.05) is 35.8 Å². The van der Waals surface area contributed by atoms with E-state index in [1.165, 1.54) is 40.7 Å². The zero-order chi connectivity index (χ0) is 21.5. The normalized spacial score (nSPS) is 16.0. The topological polar surface area (TPSA) is 87.3 Å². The van der Waals surface area contributed by atoms with Crippen molar-refractivity contribution in [1.82, 2.24) is 9.29 Å². The summed E-state index contributed by atoms with van der Waals surface area (Å²) >= 11 is 0. The van der Waals surface area contributed by atoms with Gasteiger partial charge in [-0.3, -0.25) is 0 Å². The lowest BCUT2D eigenvalue weighted by Gasteiger charge is -2.26. The first-order valence-electron chi connectivity index (χ1n) is 9.51. The molecule has 0 spiro atoms. The minimum atomic E-state index is -3.73. The predicted molar refractivity (Wildman–Crippen MR) is 114 cm³/mol. The largest absolute Gasteiger partial charge is 0.360 e. The fourth-order valence-corrected chi connectivity index (χ4v) is 5.88. The van der Waals surface area contributed by atoms with Crippen LogP contribution >= 0.6 is 0 Å². The van der Waals surface area contributed by atoms with Gasteiger partial charge in [0.1, 0.15) is 5.82 Å². The molecule has 0 saturated heterocycles. The maximum atomic E-state index is 13.4. The lowest BCUT2D eigenvalue weighted by Crippen LogP contribution is -2.34. The third-order valence-corrected chi connectivity index (χ3v) is 8.99. The van der Waals surface area contributed by atoms with E-state index in [0.717, 1.165) is 16.5 Å². The number of halogens is 1. The number of nitrogens with one attached hydrogen (secondary N) is 1. The van der Waals surface area contributed by atoms with Crippen LogP contribution in [0.1, 0.15) is 18.9 Å². The SMILES string of the molecule is CCS(=O)(=O)c1ccc(S(=O)(=O)N2CC=C(c3c[nH]c4cc(F)ccc34)CC2)cc1. The Bertz CT molecular complexity index is 1340. The number of nitrogens with zero attached hydrogens (tertiary/aromatic N) is 1. The van der Waals surface area contributed by atoms with Gasteiger partial charge in [0.2, 0.25) is 10.0 Å². The van der Waals surface area contributed by atoms with Gasteiger partial charge < -0.3 is 4.98 Å². The van der Waals surface area contributed by atoms with Gasteiger partial charge in [-0.05, 0) is 54.5 Å². The molecule has 0 amide bonds. The van der Waals surface area contributed by atoms with Crippen LogP contribution in [0, 0.1) is 5.82 Å². The lowest BCUT2D eigenvalue weighted by atomic mass is 10.00. The second-order valence-corrected chi connectivity index (χ2v) is 11.3. The van der Waals surface area contributed by atoms with Crippen molar-refractivity contribution in [2.45, 2.75) is 23.1 Å². The van der Waals surface area contributed by atoms with Crippen LogP contribution < -0.4 is 0 Å². The van der Waals surface area contributed by atoms with Crippen molar-refractivity contribution in [3.63, 3.8) is 0 Å². The van der Waals surface area contributed by atoms with Gasteiger partial charge >= 0.3 is 0 Å². The van der Waals surface area contributed by atoms with Crippen LogP contribution in [0.3, 0.4) is 0 Å². The molecule has 0 saturated carbocycles. The highest BCUT2D eigenvalue weighted by atomic mass is 32.2. The molecular formula is C21H21FN2O4S2. The summed E-state index contributed by atoms with van der Waals surface area (Å²) < 4.78 is 64.6. The molecule has 1 aliphatic rings. The van der Waals surface area contributed by atoms with Crippen LogP contribution in [0.5, 0.6) is 0 Å². The maximum Gasteiger partial charge on any atom is 0.243 e. The van der Waals surface area contributed by atoms with E-state index in [-0.39, 0.29) is 27.9 Å². The van der Waals surface area contributed by atoms with E-state index in [9.17, 15) is 21.2 Å². The molecule has 1 aromatic heterocycles. The Labute approximate surface area is 175 Å². The van der Waals surface area contributed by atoms with Gasteiger partial charge in [0.25, 0.3) is 0 Å². The molecule has 6 nitrogen and oxygen atoms in total. The van der Waals surface area contributed by atoms with Crippen molar-refractivity contribution >= 4 is 36.3 Å². The highest BCUT2D eigenvalue weighted by Gasteiger charge is 2.27. The predicted octanol–water partition coefficient (Wildman–Crippen LogP) is 3.58. The lowest BCUT2D eigenvalue weighted by molar-refractivity contribution is 0.441. The van der Waals surface area contributed by atoms with E-state index in [4.69, 9.17) is 0 Å². The number of hydrogen-bond donors (Lipinski definition) is 1. The summed E-state index contributed by atoms with van der Waals surface area (Å²) in [4.78, 5) is 3.23. The zero-order valence-electron chi connectivity index (χ0n) is 16.3. The summed E-state index contributed by atoms with van der Waals surface area (Å²) in [6.07, 6.45) is 4.20. The third-order valence-electron chi connectivity index (χ3n) is 5.36. The number of sulfonamides is 1. The molecule has 0 bridgehead atoms. The summed E-state index contributed by atoms with van der Waals surface area (Å²) in [6, 6.07) is 9.90. The Morgan fingerprint density at radius 3 is 2.37 bits per heavy atom. The number of fused-ring (bicyclic) bond motifs is 1. The number of sulfone groups is 1. The molecule has 0 atom stereocenters. The molecule has 0 aliphatic carbocycles. The van der Waals surface area contributed by atoms with Gasteiger partial charge in [0.05, 0.1) is 15.5 Å². The van der Waals surface area contributed by atoms with Crippen molar-refractivity contribution in [3.05, 3.63) is 66.1 Å². The summed E-state index contributed by atoms with van der Waals surface area (Å²) in [5, 5.41) is 0.895. The molecule has 3 aromatic rings. The van der Waals surface area contributed by atoms with E-state index < -0.39 is 19.9 Å². The first kappa shape index (κ1) is 20.8. The van der Waals surface area contributed by atoms with Gasteiger partial charge in [-0.1, -0.05) is 13.0 Å². The molecule has 30 heavy (non-hydrogen) atoms. The highest BCUT2D eigenvalue weighted by molar-refractivity contribution is 7.91. The summed E-state index contributed by atoms with van der Waals surface area (Å²) in [6.45, 7) is 2.05. The van der Waals surface area contributed by atoms with E-state index in [2.05, 4.69) is 4.98 Å². The van der Waals surface area contributed by atoms with Crippen molar-refractivity contribution in [2.24, 2.45) is 0 Å². The minimum absolute atomic E-state index is 0.0424. The van der Waals surface area contributed by atoms with Crippen LogP contribution in [-0.2, 0) is 19.9 Å². The van der Waals surface area contributed by atoms with Crippen LogP contribution in [0.2, 0.25) is 0 Å². The number of H-pyrrole nitrogens is 1. The van der Waals surface area contributed by atoms with E-state index in [1.54, 1.807) is 13.0 Å². The molecule has 9 heteroatoms. The molecule has 2 aromatic carbocycles. The minimum Gasteiger partial charge on any atom is -0.360 e. The van der Waals surface area contributed by atoms with E-state index in [0.29, 0.717) is 18.5 Å². The van der Waals surface area contributed by atoms with E-state index >= 15 is 0 Å². The summed E-state index contributed by atoms with van der Waals surface area (Å²) in [5.74, 6) is -0.359. The van der Waals surface area contributed by atoms with Crippen molar-refractivity contribution in [2.75, 3.05) is 18.8 Å². The highest BCUT2D eigenvalue weighted by Crippen LogP contribution is 2.31. The van der Waals surface area contributed by atoms with Crippen LogP contribution in [-0.4, -0.2) is 45.0 Å². The molecular weight excluding hydrogens is 427 g/mol. The van der Waals surface area contributed by atoms with Gasteiger partial charge in [-0.15, -0.1) is 0 Å². The van der Waals surface area contributed by atoms with Crippen molar-refractivity contribution in [3.8, 4) is 0 Å². The molecule has 4 rings (SSSR count). The fraction of sp³-hybridized carbons (Fsp3) is 0.238. The first-order valence-corrected chi connectivity index (χ1v) is 12.6. The molecule has 0 fully saturated rings. The monoisotopic (exact) mass is 448 g/mol. The Hall–Kier alpha value is -2.49. The standard InChI is InChI=1S/C21H21FN2O4S2/c1-2-29(25,26)17-4-6-18(7-5-17)30(27,28)24-11-9-15(10-12-24)20-14-23-21-13-16(22)3-8-19(20)21/h3-9,13-14,23H,2,10-12H2,1H3. The maximum absolute atomic E-state index is 13.4. The van der Waals surface area contributed by atoms with E-state index in [1.807, 2.05) is 12.3 Å². The van der Waals surface area contributed by atoms with Gasteiger partial charge in [-0.2, -0.15) is 4.31 Å². The molecule has 0 unspecified atom stereocenters. The molecule has 2 heterocycles. The smallest absolute Gasteiger partial charge is 0.243 e. The van der Waals surface area contributed by atoms with Gasteiger partial charge in [-0.25, -0.2) is 21.2 Å². The Balaban J connectivity index is 1.57. The Morgan fingerprint density at radius 2 is 1.73 bits per heavy atom. The van der Waals surface area contributed by atoms with Gasteiger partial charge in [0.15, 0.2) is 9.84 Å². The summed E-state index contributed by atoms with van der Waals surface area (Å²) in [7, 11) is -7.12. The number of aromatic nitrogens is 1. The van der Waals surface area contributed by atoms with Crippen molar-refractivity contribution in [1.29, 1.82) is 0 Å². The van der Waals surface area contributed by atoms with Crippen LogP contribution in [0.4, 0.5) is 4.39 Å². The molecule has 1 N–H and O–H groups in total. The molecule has 158 valence electrons. The Kier molecular flexibility index (Phi) is 5.29. The number of benzene rings is 2. The average molecular weight is 449 g/mol. The first-order chi connectivity index (χ1) is 14.2. The van der Waals surface area contributed by atoms with Crippen molar-refractivity contribution < 1.29 is 21.2 Å². The number of hydrogen-bond acceptors (Lipinski definition) is 4.